The fourth-order valence-corrected chi connectivity index (χ4v) is 2.60. The summed E-state index contributed by atoms with van der Waals surface area (Å²) in [6.45, 7) is 3.46. The molecule has 5 heteroatoms. The molecule has 118 valence electrons. The van der Waals surface area contributed by atoms with E-state index in [4.69, 9.17) is 0 Å². The lowest BCUT2D eigenvalue weighted by atomic mass is 10.1. The summed E-state index contributed by atoms with van der Waals surface area (Å²) >= 11 is 1.61. The molecule has 0 unspecified atom stereocenters. The molecule has 1 aromatic heterocycles. The smallest absolute Gasteiger partial charge is 0.220 e. The van der Waals surface area contributed by atoms with E-state index in [1.54, 1.807) is 11.3 Å². The first-order chi connectivity index (χ1) is 10.2. The fourth-order valence-electron chi connectivity index (χ4n) is 1.96. The predicted octanol–water partition coefficient (Wildman–Crippen LogP) is 3.23. The van der Waals surface area contributed by atoms with Gasteiger partial charge in [0.25, 0.3) is 0 Å². The van der Waals surface area contributed by atoms with E-state index in [0.29, 0.717) is 6.54 Å². The highest BCUT2D eigenvalue weighted by Crippen LogP contribution is 2.07. The molecule has 4 nitrogen and oxygen atoms in total. The molecular weight excluding hydrogens is 284 g/mol. The SMILES string of the molecule is CCCCCCCNC(=O)CCC(=O)NCc1cccs1. The van der Waals surface area contributed by atoms with Gasteiger partial charge in [-0.05, 0) is 17.9 Å². The average Bonchev–Trinajstić information content (AvgIpc) is 3.00. The molecular formula is C16H26N2O2S. The van der Waals surface area contributed by atoms with Crippen LogP contribution < -0.4 is 10.6 Å². The van der Waals surface area contributed by atoms with Crippen molar-refractivity contribution < 1.29 is 9.59 Å². The maximum Gasteiger partial charge on any atom is 0.220 e. The van der Waals surface area contributed by atoms with Gasteiger partial charge in [-0.2, -0.15) is 0 Å². The Bertz CT molecular complexity index is 404. The van der Waals surface area contributed by atoms with Crippen molar-refractivity contribution in [2.45, 2.75) is 58.4 Å². The van der Waals surface area contributed by atoms with Gasteiger partial charge in [0.2, 0.25) is 11.8 Å². The molecule has 0 aliphatic carbocycles. The normalized spacial score (nSPS) is 10.3. The number of nitrogens with one attached hydrogen (secondary N) is 2. The largest absolute Gasteiger partial charge is 0.356 e. The number of hydrogen-bond acceptors (Lipinski definition) is 3. The molecule has 0 aliphatic rings. The van der Waals surface area contributed by atoms with Gasteiger partial charge in [0.05, 0.1) is 6.54 Å². The second-order valence-electron chi connectivity index (χ2n) is 5.12. The molecule has 0 fully saturated rings. The van der Waals surface area contributed by atoms with Crippen LogP contribution in [0.2, 0.25) is 0 Å². The van der Waals surface area contributed by atoms with Crippen LogP contribution in [0.3, 0.4) is 0 Å². The zero-order valence-corrected chi connectivity index (χ0v) is 13.6. The number of hydrogen-bond donors (Lipinski definition) is 2. The highest BCUT2D eigenvalue weighted by Gasteiger charge is 2.06. The molecule has 0 aromatic carbocycles. The van der Waals surface area contributed by atoms with E-state index in [9.17, 15) is 9.59 Å². The predicted molar refractivity (Wildman–Crippen MR) is 87.2 cm³/mol. The van der Waals surface area contributed by atoms with Crippen LogP contribution in [0.15, 0.2) is 17.5 Å². The summed E-state index contributed by atoms with van der Waals surface area (Å²) in [4.78, 5) is 24.3. The first-order valence-electron chi connectivity index (χ1n) is 7.78. The maximum atomic E-state index is 11.6. The minimum Gasteiger partial charge on any atom is -0.356 e. The molecule has 0 spiro atoms. The molecule has 1 rings (SSSR count). The Morgan fingerprint density at radius 1 is 1.05 bits per heavy atom. The van der Waals surface area contributed by atoms with Crippen LogP contribution in [0.1, 0.15) is 56.7 Å². The number of carbonyl (C=O) groups excluding carboxylic acids is 2. The van der Waals surface area contributed by atoms with Crippen LogP contribution in [0.4, 0.5) is 0 Å². The monoisotopic (exact) mass is 310 g/mol. The molecule has 0 radical (unpaired) electrons. The standard InChI is InChI=1S/C16H26N2O2S/c1-2-3-4-5-6-11-17-15(19)9-10-16(20)18-13-14-8-7-12-21-14/h7-8,12H,2-6,9-11,13H2,1H3,(H,17,19)(H,18,20). The molecule has 21 heavy (non-hydrogen) atoms. The zero-order chi connectivity index (χ0) is 15.3. The first-order valence-corrected chi connectivity index (χ1v) is 8.66. The number of thiophene rings is 1. The fraction of sp³-hybridized carbons (Fsp3) is 0.625. The Kier molecular flexibility index (Phi) is 9.53. The van der Waals surface area contributed by atoms with Gasteiger partial charge < -0.3 is 10.6 Å². The van der Waals surface area contributed by atoms with E-state index in [2.05, 4.69) is 17.6 Å². The lowest BCUT2D eigenvalue weighted by Crippen LogP contribution is -2.28. The van der Waals surface area contributed by atoms with Crippen LogP contribution in [0.5, 0.6) is 0 Å². The van der Waals surface area contributed by atoms with Crippen molar-refractivity contribution in [3.8, 4) is 0 Å². The van der Waals surface area contributed by atoms with Crippen LogP contribution in [-0.2, 0) is 16.1 Å². The van der Waals surface area contributed by atoms with Gasteiger partial charge in [0, 0.05) is 24.3 Å². The summed E-state index contributed by atoms with van der Waals surface area (Å²) in [6, 6.07) is 3.94. The van der Waals surface area contributed by atoms with Gasteiger partial charge in [-0.15, -0.1) is 11.3 Å². The Morgan fingerprint density at radius 2 is 1.76 bits per heavy atom. The minimum atomic E-state index is -0.0681. The number of amides is 2. The summed E-state index contributed by atoms with van der Waals surface area (Å²) < 4.78 is 0. The van der Waals surface area contributed by atoms with Crippen molar-refractivity contribution >= 4 is 23.2 Å². The van der Waals surface area contributed by atoms with E-state index in [0.717, 1.165) is 24.3 Å². The Labute approximate surface area is 131 Å². The van der Waals surface area contributed by atoms with Crippen LogP contribution in [-0.4, -0.2) is 18.4 Å². The number of carbonyl (C=O) groups is 2. The molecule has 1 aromatic rings. The van der Waals surface area contributed by atoms with E-state index in [1.165, 1.54) is 19.3 Å². The molecule has 0 atom stereocenters. The summed E-state index contributed by atoms with van der Waals surface area (Å²) in [5.41, 5.74) is 0. The van der Waals surface area contributed by atoms with Gasteiger partial charge in [-0.25, -0.2) is 0 Å². The highest BCUT2D eigenvalue weighted by molar-refractivity contribution is 7.09. The van der Waals surface area contributed by atoms with Gasteiger partial charge in [-0.1, -0.05) is 38.7 Å². The summed E-state index contributed by atoms with van der Waals surface area (Å²) in [6.07, 6.45) is 6.44. The van der Waals surface area contributed by atoms with Gasteiger partial charge in [0.15, 0.2) is 0 Å². The zero-order valence-electron chi connectivity index (χ0n) is 12.8. The summed E-state index contributed by atoms with van der Waals surface area (Å²) in [5, 5.41) is 7.67. The topological polar surface area (TPSA) is 58.2 Å². The molecule has 0 bridgehead atoms. The molecule has 0 saturated carbocycles. The van der Waals surface area contributed by atoms with Gasteiger partial charge in [0.1, 0.15) is 0 Å². The quantitative estimate of drug-likeness (QED) is 0.617. The van der Waals surface area contributed by atoms with Gasteiger partial charge >= 0.3 is 0 Å². The lowest BCUT2D eigenvalue weighted by Gasteiger charge is -2.06. The molecule has 1 heterocycles. The minimum absolute atomic E-state index is 0.0308. The third-order valence-corrected chi connectivity index (χ3v) is 4.10. The second kappa shape index (κ2) is 11.3. The Hall–Kier alpha value is -1.36. The van der Waals surface area contributed by atoms with Gasteiger partial charge in [-0.3, -0.25) is 9.59 Å². The molecule has 2 N–H and O–H groups in total. The van der Waals surface area contributed by atoms with Crippen molar-refractivity contribution in [3.63, 3.8) is 0 Å². The molecule has 0 aliphatic heterocycles. The second-order valence-corrected chi connectivity index (χ2v) is 6.15. The van der Waals surface area contributed by atoms with Crippen molar-refractivity contribution in [1.29, 1.82) is 0 Å². The Morgan fingerprint density at radius 3 is 2.43 bits per heavy atom. The average molecular weight is 310 g/mol. The molecule has 0 saturated heterocycles. The van der Waals surface area contributed by atoms with Crippen LogP contribution in [0, 0.1) is 0 Å². The lowest BCUT2D eigenvalue weighted by molar-refractivity contribution is -0.126. The van der Waals surface area contributed by atoms with Crippen molar-refractivity contribution in [3.05, 3.63) is 22.4 Å². The maximum absolute atomic E-state index is 11.6. The highest BCUT2D eigenvalue weighted by atomic mass is 32.1. The van der Waals surface area contributed by atoms with Crippen molar-refractivity contribution in [2.75, 3.05) is 6.54 Å². The van der Waals surface area contributed by atoms with E-state index < -0.39 is 0 Å². The van der Waals surface area contributed by atoms with Crippen molar-refractivity contribution in [1.82, 2.24) is 10.6 Å². The summed E-state index contributed by atoms with van der Waals surface area (Å²) in [7, 11) is 0. The Balaban J connectivity index is 1.97. The first kappa shape index (κ1) is 17.7. The van der Waals surface area contributed by atoms with Crippen LogP contribution >= 0.6 is 11.3 Å². The van der Waals surface area contributed by atoms with Crippen LogP contribution in [0.25, 0.3) is 0 Å². The van der Waals surface area contributed by atoms with E-state index in [1.807, 2.05) is 17.5 Å². The molecule has 2 amide bonds. The number of unbranched alkanes of at least 4 members (excludes halogenated alkanes) is 4. The third-order valence-electron chi connectivity index (χ3n) is 3.22. The van der Waals surface area contributed by atoms with E-state index >= 15 is 0 Å². The summed E-state index contributed by atoms with van der Waals surface area (Å²) in [5.74, 6) is -0.0988. The van der Waals surface area contributed by atoms with E-state index in [-0.39, 0.29) is 24.7 Å². The third kappa shape index (κ3) is 9.24. The number of rotatable bonds is 11. The van der Waals surface area contributed by atoms with Crippen molar-refractivity contribution in [2.24, 2.45) is 0 Å².